The van der Waals surface area contributed by atoms with Gasteiger partial charge >= 0.3 is 0 Å². The molecule has 96 valence electrons. The first-order chi connectivity index (χ1) is 8.47. The van der Waals surface area contributed by atoms with Gasteiger partial charge in [-0.05, 0) is 47.0 Å². The van der Waals surface area contributed by atoms with Crippen LogP contribution in [0.25, 0.3) is 0 Å². The van der Waals surface area contributed by atoms with E-state index in [1.165, 1.54) is 0 Å². The molecule has 0 spiro atoms. The van der Waals surface area contributed by atoms with E-state index in [1.54, 1.807) is 6.07 Å². The summed E-state index contributed by atoms with van der Waals surface area (Å²) in [5.74, 6) is -0.502. The maximum Gasteiger partial charge on any atom is 0.249 e. The van der Waals surface area contributed by atoms with Crippen molar-refractivity contribution in [2.24, 2.45) is 0 Å². The summed E-state index contributed by atoms with van der Waals surface area (Å²) in [6.07, 6.45) is 0.857. The first-order valence-corrected chi connectivity index (χ1v) is 6.42. The molecule has 0 aromatic heterocycles. The average molecular weight is 312 g/mol. The fraction of sp³-hybridized carbons (Fsp3) is 0.333. The molecule has 1 aromatic rings. The summed E-state index contributed by atoms with van der Waals surface area (Å²) >= 11 is 3.40. The Balaban J connectivity index is 2.17. The number of rotatable bonds is 2. The molecule has 1 atom stereocenters. The van der Waals surface area contributed by atoms with Gasteiger partial charge in [0.25, 0.3) is 0 Å². The number of anilines is 2. The summed E-state index contributed by atoms with van der Waals surface area (Å²) in [4.78, 5) is 22.7. The number of carbonyl (C=O) groups excluding carboxylic acids is 2. The highest BCUT2D eigenvalue weighted by molar-refractivity contribution is 9.10. The fourth-order valence-electron chi connectivity index (χ4n) is 1.83. The summed E-state index contributed by atoms with van der Waals surface area (Å²) in [6, 6.07) is 3.29. The Morgan fingerprint density at radius 3 is 2.83 bits per heavy atom. The number of benzene rings is 1. The summed E-state index contributed by atoms with van der Waals surface area (Å²) in [6.45, 7) is 1.90. The highest BCUT2D eigenvalue weighted by Crippen LogP contribution is 2.29. The van der Waals surface area contributed by atoms with Gasteiger partial charge in [0.15, 0.2) is 0 Å². The van der Waals surface area contributed by atoms with E-state index in [1.807, 2.05) is 13.0 Å². The van der Waals surface area contributed by atoms with Crippen LogP contribution in [0.3, 0.4) is 0 Å². The van der Waals surface area contributed by atoms with Gasteiger partial charge in [0, 0.05) is 22.3 Å². The number of nitrogen functional groups attached to an aromatic ring is 1. The minimum Gasteiger partial charge on any atom is -0.398 e. The maximum absolute atomic E-state index is 11.6. The number of hydrogen-bond acceptors (Lipinski definition) is 4. The van der Waals surface area contributed by atoms with E-state index in [0.717, 1.165) is 15.7 Å². The van der Waals surface area contributed by atoms with Crippen LogP contribution in [0.5, 0.6) is 0 Å². The van der Waals surface area contributed by atoms with Crippen molar-refractivity contribution < 1.29 is 9.59 Å². The van der Waals surface area contributed by atoms with Gasteiger partial charge in [-0.1, -0.05) is 0 Å². The molecule has 1 unspecified atom stereocenters. The van der Waals surface area contributed by atoms with Crippen molar-refractivity contribution >= 4 is 39.1 Å². The van der Waals surface area contributed by atoms with Crippen LogP contribution in [0.1, 0.15) is 18.4 Å². The number of nitrogens with one attached hydrogen (secondary N) is 2. The number of imide groups is 1. The third-order valence-corrected chi connectivity index (χ3v) is 3.58. The average Bonchev–Trinajstić information content (AvgIpc) is 2.29. The lowest BCUT2D eigenvalue weighted by Gasteiger charge is -2.23. The fourth-order valence-corrected chi connectivity index (χ4v) is 2.30. The monoisotopic (exact) mass is 311 g/mol. The van der Waals surface area contributed by atoms with Crippen molar-refractivity contribution in [3.63, 3.8) is 0 Å². The van der Waals surface area contributed by atoms with Crippen molar-refractivity contribution in [3.05, 3.63) is 22.2 Å². The normalized spacial score (nSPS) is 19.6. The molecular weight excluding hydrogens is 298 g/mol. The molecule has 0 bridgehead atoms. The third kappa shape index (κ3) is 2.64. The number of nitrogens with two attached hydrogens (primary N) is 1. The third-order valence-electron chi connectivity index (χ3n) is 2.92. The zero-order valence-corrected chi connectivity index (χ0v) is 11.5. The predicted molar refractivity (Wildman–Crippen MR) is 73.1 cm³/mol. The van der Waals surface area contributed by atoms with E-state index >= 15 is 0 Å². The van der Waals surface area contributed by atoms with Gasteiger partial charge in [-0.2, -0.15) is 0 Å². The Morgan fingerprint density at radius 1 is 1.44 bits per heavy atom. The van der Waals surface area contributed by atoms with Crippen molar-refractivity contribution in [1.82, 2.24) is 5.32 Å². The van der Waals surface area contributed by atoms with Gasteiger partial charge in [-0.25, -0.2) is 0 Å². The molecule has 6 heteroatoms. The number of amides is 2. The van der Waals surface area contributed by atoms with E-state index in [-0.39, 0.29) is 17.9 Å². The summed E-state index contributed by atoms with van der Waals surface area (Å²) in [5.41, 5.74) is 8.22. The van der Waals surface area contributed by atoms with E-state index in [9.17, 15) is 9.59 Å². The SMILES string of the molecule is Cc1cc(NC2CCC(=O)NC2=O)c(Br)cc1N. The zero-order chi connectivity index (χ0) is 13.3. The largest absolute Gasteiger partial charge is 0.398 e. The zero-order valence-electron chi connectivity index (χ0n) is 9.92. The molecule has 1 heterocycles. The Kier molecular flexibility index (Phi) is 3.56. The van der Waals surface area contributed by atoms with E-state index in [2.05, 4.69) is 26.6 Å². The van der Waals surface area contributed by atoms with Gasteiger partial charge < -0.3 is 11.1 Å². The molecule has 1 fully saturated rings. The lowest BCUT2D eigenvalue weighted by atomic mass is 10.1. The molecule has 0 saturated carbocycles. The number of halogens is 1. The molecule has 0 aliphatic carbocycles. The van der Waals surface area contributed by atoms with Gasteiger partial charge in [-0.3, -0.25) is 14.9 Å². The minimum atomic E-state index is -0.387. The van der Waals surface area contributed by atoms with Gasteiger partial charge in [-0.15, -0.1) is 0 Å². The number of carbonyl (C=O) groups is 2. The van der Waals surface area contributed by atoms with Gasteiger partial charge in [0.2, 0.25) is 11.8 Å². The molecule has 1 saturated heterocycles. The molecule has 5 nitrogen and oxygen atoms in total. The molecule has 1 aliphatic heterocycles. The van der Waals surface area contributed by atoms with Crippen LogP contribution < -0.4 is 16.4 Å². The van der Waals surface area contributed by atoms with E-state index in [4.69, 9.17) is 5.73 Å². The van der Waals surface area contributed by atoms with Crippen LogP contribution in [0.2, 0.25) is 0 Å². The topological polar surface area (TPSA) is 84.2 Å². The molecule has 4 N–H and O–H groups in total. The summed E-state index contributed by atoms with van der Waals surface area (Å²) in [5, 5.41) is 5.44. The summed E-state index contributed by atoms with van der Waals surface area (Å²) < 4.78 is 0.801. The van der Waals surface area contributed by atoms with Crippen molar-refractivity contribution in [3.8, 4) is 0 Å². The molecule has 18 heavy (non-hydrogen) atoms. The highest BCUT2D eigenvalue weighted by atomic mass is 79.9. The highest BCUT2D eigenvalue weighted by Gasteiger charge is 2.26. The van der Waals surface area contributed by atoms with Crippen LogP contribution in [-0.2, 0) is 9.59 Å². The first kappa shape index (κ1) is 12.9. The second-order valence-electron chi connectivity index (χ2n) is 4.34. The van der Waals surface area contributed by atoms with Crippen molar-refractivity contribution in [2.45, 2.75) is 25.8 Å². The lowest BCUT2D eigenvalue weighted by molar-refractivity contribution is -0.133. The molecule has 2 amide bonds. The van der Waals surface area contributed by atoms with Crippen LogP contribution in [0.4, 0.5) is 11.4 Å². The predicted octanol–water partition coefficient (Wildman–Crippen LogP) is 1.56. The van der Waals surface area contributed by atoms with E-state index in [0.29, 0.717) is 18.5 Å². The number of piperidine rings is 1. The van der Waals surface area contributed by atoms with Crippen LogP contribution in [-0.4, -0.2) is 17.9 Å². The van der Waals surface area contributed by atoms with Crippen molar-refractivity contribution in [1.29, 1.82) is 0 Å². The minimum absolute atomic E-state index is 0.217. The maximum atomic E-state index is 11.6. The second kappa shape index (κ2) is 4.97. The van der Waals surface area contributed by atoms with Crippen LogP contribution >= 0.6 is 15.9 Å². The van der Waals surface area contributed by atoms with Gasteiger partial charge in [0.05, 0.1) is 0 Å². The number of hydrogen-bond donors (Lipinski definition) is 3. The molecular formula is C12H14BrN3O2. The molecule has 1 aromatic carbocycles. The first-order valence-electron chi connectivity index (χ1n) is 5.63. The number of aryl methyl sites for hydroxylation is 1. The van der Waals surface area contributed by atoms with Crippen molar-refractivity contribution in [2.75, 3.05) is 11.1 Å². The Labute approximate surface area is 113 Å². The van der Waals surface area contributed by atoms with Gasteiger partial charge in [0.1, 0.15) is 6.04 Å². The molecule has 2 rings (SSSR count). The second-order valence-corrected chi connectivity index (χ2v) is 5.19. The van der Waals surface area contributed by atoms with Crippen LogP contribution in [0.15, 0.2) is 16.6 Å². The standard InChI is InChI=1S/C12H14BrN3O2/c1-6-4-10(7(13)5-8(6)14)15-9-2-3-11(17)16-12(9)18/h4-5,9,15H,2-3,14H2,1H3,(H,16,17,18). The Bertz CT molecular complexity index is 516. The van der Waals surface area contributed by atoms with Crippen LogP contribution in [0, 0.1) is 6.92 Å². The Hall–Kier alpha value is -1.56. The van der Waals surface area contributed by atoms with E-state index < -0.39 is 0 Å². The summed E-state index contributed by atoms with van der Waals surface area (Å²) in [7, 11) is 0. The molecule has 1 aliphatic rings. The lowest BCUT2D eigenvalue weighted by Crippen LogP contribution is -2.47. The Morgan fingerprint density at radius 2 is 2.17 bits per heavy atom. The smallest absolute Gasteiger partial charge is 0.249 e. The quantitative estimate of drug-likeness (QED) is 0.571. The molecule has 0 radical (unpaired) electrons.